The summed E-state index contributed by atoms with van der Waals surface area (Å²) in [5.74, 6) is -1.24. The van der Waals surface area contributed by atoms with Crippen molar-refractivity contribution in [1.29, 1.82) is 0 Å². The van der Waals surface area contributed by atoms with E-state index in [1.165, 1.54) is 12.1 Å². The highest BCUT2D eigenvalue weighted by molar-refractivity contribution is 6.34. The van der Waals surface area contributed by atoms with Crippen LogP contribution in [0, 0.1) is 10.1 Å². The molecule has 2 rings (SSSR count). The number of halogens is 1. The van der Waals surface area contributed by atoms with Crippen molar-refractivity contribution in [3.63, 3.8) is 0 Å². The number of non-ortho nitro benzene ring substituents is 1. The first-order chi connectivity index (χ1) is 13.3. The van der Waals surface area contributed by atoms with Gasteiger partial charge in [0.05, 0.1) is 21.2 Å². The number of nitrogens with zero attached hydrogens (tertiary/aromatic N) is 2. The monoisotopic (exact) mass is 405 g/mol. The largest absolute Gasteiger partial charge is 0.452 e. The van der Waals surface area contributed by atoms with Crippen LogP contribution in [0.5, 0.6) is 0 Å². The van der Waals surface area contributed by atoms with E-state index in [9.17, 15) is 19.7 Å². The summed E-state index contributed by atoms with van der Waals surface area (Å²) in [6.45, 7) is 5.28. The number of esters is 1. The van der Waals surface area contributed by atoms with Crippen LogP contribution in [0.4, 0.5) is 17.1 Å². The van der Waals surface area contributed by atoms with E-state index in [-0.39, 0.29) is 16.4 Å². The molecule has 2 aromatic carbocycles. The number of hydrogen-bond donors (Lipinski definition) is 1. The Morgan fingerprint density at radius 3 is 2.32 bits per heavy atom. The highest BCUT2D eigenvalue weighted by Gasteiger charge is 2.14. The summed E-state index contributed by atoms with van der Waals surface area (Å²) in [4.78, 5) is 36.3. The summed E-state index contributed by atoms with van der Waals surface area (Å²) in [6.07, 6.45) is 0. The quantitative estimate of drug-likeness (QED) is 0.406. The molecule has 1 N–H and O–H groups in total. The molecule has 8 nitrogen and oxygen atoms in total. The van der Waals surface area contributed by atoms with E-state index in [1.54, 1.807) is 12.1 Å². The van der Waals surface area contributed by atoms with E-state index in [1.807, 2.05) is 26.0 Å². The molecule has 0 spiro atoms. The lowest BCUT2D eigenvalue weighted by atomic mass is 10.2. The Morgan fingerprint density at radius 2 is 1.79 bits per heavy atom. The van der Waals surface area contributed by atoms with Gasteiger partial charge in [-0.25, -0.2) is 4.79 Å². The van der Waals surface area contributed by atoms with Crippen LogP contribution in [-0.2, 0) is 9.53 Å². The molecule has 148 valence electrons. The number of nitro benzene ring substituents is 1. The van der Waals surface area contributed by atoms with Crippen LogP contribution in [-0.4, -0.2) is 36.5 Å². The van der Waals surface area contributed by atoms with E-state index < -0.39 is 23.4 Å². The Balaban J connectivity index is 1.92. The van der Waals surface area contributed by atoms with E-state index in [0.29, 0.717) is 5.56 Å². The molecule has 0 heterocycles. The second kappa shape index (κ2) is 9.70. The van der Waals surface area contributed by atoms with Gasteiger partial charge in [0.2, 0.25) is 0 Å². The molecule has 28 heavy (non-hydrogen) atoms. The van der Waals surface area contributed by atoms with Crippen molar-refractivity contribution in [2.45, 2.75) is 13.8 Å². The van der Waals surface area contributed by atoms with Crippen LogP contribution in [0.2, 0.25) is 5.02 Å². The molecule has 0 aliphatic carbocycles. The van der Waals surface area contributed by atoms with Crippen molar-refractivity contribution in [2.24, 2.45) is 0 Å². The van der Waals surface area contributed by atoms with Crippen molar-refractivity contribution in [3.05, 3.63) is 63.2 Å². The molecule has 0 aromatic heterocycles. The van der Waals surface area contributed by atoms with Crippen molar-refractivity contribution in [1.82, 2.24) is 0 Å². The Kier molecular flexibility index (Phi) is 7.34. The normalized spacial score (nSPS) is 10.2. The van der Waals surface area contributed by atoms with E-state index in [4.69, 9.17) is 16.3 Å². The lowest BCUT2D eigenvalue weighted by Gasteiger charge is -2.20. The minimum atomic E-state index is -0.629. The molecule has 0 aliphatic heterocycles. The smallest absolute Gasteiger partial charge is 0.338 e. The molecule has 0 atom stereocenters. The van der Waals surface area contributed by atoms with Crippen LogP contribution in [0.1, 0.15) is 24.2 Å². The third kappa shape index (κ3) is 5.43. The minimum absolute atomic E-state index is 0.0147. The number of hydrogen-bond acceptors (Lipinski definition) is 6. The lowest BCUT2D eigenvalue weighted by molar-refractivity contribution is -0.384. The first-order valence-corrected chi connectivity index (χ1v) is 8.99. The summed E-state index contributed by atoms with van der Waals surface area (Å²) in [7, 11) is 0. The first-order valence-electron chi connectivity index (χ1n) is 8.61. The number of ether oxygens (including phenoxy) is 1. The average Bonchev–Trinajstić information content (AvgIpc) is 2.69. The van der Waals surface area contributed by atoms with Crippen LogP contribution in [0.15, 0.2) is 42.5 Å². The van der Waals surface area contributed by atoms with Gasteiger partial charge < -0.3 is 15.0 Å². The zero-order chi connectivity index (χ0) is 20.7. The van der Waals surface area contributed by atoms with Gasteiger partial charge >= 0.3 is 5.97 Å². The predicted octanol–water partition coefficient (Wildman–Crippen LogP) is 3.89. The Labute approximate surface area is 167 Å². The molecule has 0 aliphatic rings. The molecule has 0 bridgehead atoms. The van der Waals surface area contributed by atoms with Crippen LogP contribution in [0.3, 0.4) is 0 Å². The highest BCUT2D eigenvalue weighted by atomic mass is 35.5. The van der Waals surface area contributed by atoms with Gasteiger partial charge in [0, 0.05) is 30.9 Å². The van der Waals surface area contributed by atoms with E-state index in [2.05, 4.69) is 10.2 Å². The number of anilines is 2. The summed E-state index contributed by atoms with van der Waals surface area (Å²) >= 11 is 5.91. The molecular formula is C19H20ClN3O5. The molecule has 2 aromatic rings. The lowest BCUT2D eigenvalue weighted by Crippen LogP contribution is -2.22. The number of nitrogens with one attached hydrogen (secondary N) is 1. The van der Waals surface area contributed by atoms with Gasteiger partial charge in [-0.3, -0.25) is 14.9 Å². The Morgan fingerprint density at radius 1 is 1.14 bits per heavy atom. The van der Waals surface area contributed by atoms with E-state index in [0.717, 1.165) is 24.8 Å². The zero-order valence-corrected chi connectivity index (χ0v) is 16.2. The van der Waals surface area contributed by atoms with E-state index >= 15 is 0 Å². The Hall–Kier alpha value is -3.13. The van der Waals surface area contributed by atoms with Gasteiger partial charge in [0.15, 0.2) is 6.61 Å². The average molecular weight is 406 g/mol. The van der Waals surface area contributed by atoms with Crippen LogP contribution < -0.4 is 10.2 Å². The van der Waals surface area contributed by atoms with Crippen molar-refractivity contribution < 1.29 is 19.2 Å². The summed E-state index contributed by atoms with van der Waals surface area (Å²) in [6, 6.07) is 10.6. The van der Waals surface area contributed by atoms with Gasteiger partial charge in [0.25, 0.3) is 11.6 Å². The number of carbonyl (C=O) groups is 2. The number of rotatable bonds is 8. The molecule has 1 amide bonds. The molecule has 0 radical (unpaired) electrons. The fraction of sp³-hybridized carbons (Fsp3) is 0.263. The number of benzene rings is 2. The minimum Gasteiger partial charge on any atom is -0.452 e. The number of carbonyl (C=O) groups excluding carboxylic acids is 2. The second-order valence-electron chi connectivity index (χ2n) is 5.76. The maximum Gasteiger partial charge on any atom is 0.338 e. The van der Waals surface area contributed by atoms with Crippen LogP contribution >= 0.6 is 11.6 Å². The zero-order valence-electron chi connectivity index (χ0n) is 15.5. The van der Waals surface area contributed by atoms with Crippen LogP contribution in [0.25, 0.3) is 0 Å². The SMILES string of the molecule is CCN(CC)c1ccc(C(=O)OCC(=O)Nc2ccc([N+](=O)[O-])cc2Cl)cc1. The van der Waals surface area contributed by atoms with Crippen molar-refractivity contribution in [3.8, 4) is 0 Å². The molecule has 0 saturated carbocycles. The summed E-state index contributed by atoms with van der Waals surface area (Å²) < 4.78 is 5.00. The molecular weight excluding hydrogens is 386 g/mol. The van der Waals surface area contributed by atoms with Gasteiger partial charge in [0.1, 0.15) is 0 Å². The second-order valence-corrected chi connectivity index (χ2v) is 6.17. The molecule has 0 unspecified atom stereocenters. The fourth-order valence-corrected chi connectivity index (χ4v) is 2.74. The topological polar surface area (TPSA) is 102 Å². The standard InChI is InChI=1S/C19H20ClN3O5/c1-3-22(4-2)14-7-5-13(6-8-14)19(25)28-12-18(24)21-17-10-9-15(23(26)27)11-16(17)20/h5-11H,3-4,12H2,1-2H3,(H,21,24). The van der Waals surface area contributed by atoms with Gasteiger partial charge in [-0.1, -0.05) is 11.6 Å². The maximum atomic E-state index is 12.1. The van der Waals surface area contributed by atoms with Crippen molar-refractivity contribution >= 4 is 40.5 Å². The maximum absolute atomic E-state index is 12.1. The third-order valence-corrected chi connectivity index (χ3v) is 4.32. The third-order valence-electron chi connectivity index (χ3n) is 4.00. The highest BCUT2D eigenvalue weighted by Crippen LogP contribution is 2.26. The predicted molar refractivity (Wildman–Crippen MR) is 107 cm³/mol. The van der Waals surface area contributed by atoms with Crippen molar-refractivity contribution in [2.75, 3.05) is 29.9 Å². The first kappa shape index (κ1) is 21.2. The van der Waals surface area contributed by atoms with Gasteiger partial charge in [-0.2, -0.15) is 0 Å². The molecule has 0 fully saturated rings. The number of nitro groups is 1. The number of amides is 1. The fourth-order valence-electron chi connectivity index (χ4n) is 2.52. The summed E-state index contributed by atoms with van der Waals surface area (Å²) in [5.41, 5.74) is 1.32. The van der Waals surface area contributed by atoms with Gasteiger partial charge in [-0.15, -0.1) is 0 Å². The Bertz CT molecular complexity index is 866. The van der Waals surface area contributed by atoms with Gasteiger partial charge in [-0.05, 0) is 44.2 Å². The molecule has 9 heteroatoms. The molecule has 0 saturated heterocycles. The summed E-state index contributed by atoms with van der Waals surface area (Å²) in [5, 5.41) is 13.2.